The van der Waals surface area contributed by atoms with E-state index in [9.17, 15) is 4.79 Å². The lowest BCUT2D eigenvalue weighted by Gasteiger charge is -2.16. The topological polar surface area (TPSA) is 83.5 Å². The molecule has 2 heterocycles. The molecular weight excluding hydrogens is 472 g/mol. The molecule has 0 fully saturated rings. The van der Waals surface area contributed by atoms with Crippen molar-refractivity contribution in [3.63, 3.8) is 0 Å². The number of carboxylic acid groups (broad SMARTS) is 1. The summed E-state index contributed by atoms with van der Waals surface area (Å²) < 4.78 is 29.2. The summed E-state index contributed by atoms with van der Waals surface area (Å²) in [6.07, 6.45) is 0.865. The van der Waals surface area contributed by atoms with Crippen LogP contribution >= 0.6 is 0 Å². The van der Waals surface area contributed by atoms with Crippen molar-refractivity contribution < 1.29 is 33.6 Å². The minimum absolute atomic E-state index is 0.0617. The number of fused-ring (bicyclic) bond motifs is 4. The average Bonchev–Trinajstić information content (AvgIpc) is 3.16. The predicted molar refractivity (Wildman–Crippen MR) is 139 cm³/mol. The summed E-state index contributed by atoms with van der Waals surface area (Å²) in [5.74, 6) is 2.16. The van der Waals surface area contributed by atoms with E-state index in [1.807, 2.05) is 37.3 Å². The maximum atomic E-state index is 11.1. The maximum absolute atomic E-state index is 11.1. The summed E-state index contributed by atoms with van der Waals surface area (Å²) in [6.45, 7) is 7.23. The number of rotatable bonds is 10. The highest BCUT2D eigenvalue weighted by atomic mass is 16.5. The van der Waals surface area contributed by atoms with Crippen molar-refractivity contribution in [1.29, 1.82) is 0 Å². The zero-order chi connectivity index (χ0) is 25.8. The molecule has 0 saturated carbocycles. The number of benzene rings is 3. The molecule has 0 aromatic heterocycles. The van der Waals surface area contributed by atoms with Crippen molar-refractivity contribution in [2.24, 2.45) is 0 Å². The van der Waals surface area contributed by atoms with E-state index in [2.05, 4.69) is 25.1 Å². The quantitative estimate of drug-likeness (QED) is 0.363. The van der Waals surface area contributed by atoms with Crippen molar-refractivity contribution in [2.75, 3.05) is 33.0 Å². The predicted octanol–water partition coefficient (Wildman–Crippen LogP) is 5.54. The second kappa shape index (κ2) is 11.1. The van der Waals surface area contributed by atoms with Gasteiger partial charge in [0.2, 0.25) is 0 Å². The van der Waals surface area contributed by atoms with E-state index in [1.165, 1.54) is 11.1 Å². The Labute approximate surface area is 216 Å². The molecule has 1 atom stereocenters. The third-order valence-corrected chi connectivity index (χ3v) is 6.72. The second-order valence-electron chi connectivity index (χ2n) is 9.34. The van der Waals surface area contributed by atoms with Crippen LogP contribution < -0.4 is 18.9 Å². The van der Waals surface area contributed by atoms with Crippen molar-refractivity contribution in [1.82, 2.24) is 0 Å². The first-order chi connectivity index (χ1) is 18.0. The average molecular weight is 505 g/mol. The molecule has 2 aliphatic rings. The number of aryl methyl sites for hydroxylation is 1. The SMILES string of the molecule is CCOCCOc1cc(C)c2c(c1)CCOc1ccc(COc3ccc4c(c3)OC[C@H]4CC(=O)O)cc1-2. The molecule has 5 rings (SSSR count). The highest BCUT2D eigenvalue weighted by molar-refractivity contribution is 5.78. The molecule has 0 spiro atoms. The van der Waals surface area contributed by atoms with Gasteiger partial charge in [-0.3, -0.25) is 4.79 Å². The summed E-state index contributed by atoms with van der Waals surface area (Å²) in [4.78, 5) is 11.1. The minimum Gasteiger partial charge on any atom is -0.493 e. The summed E-state index contributed by atoms with van der Waals surface area (Å²) in [5.41, 5.74) is 6.53. The van der Waals surface area contributed by atoms with Crippen LogP contribution in [-0.2, 0) is 22.6 Å². The third-order valence-electron chi connectivity index (χ3n) is 6.72. The van der Waals surface area contributed by atoms with E-state index in [0.29, 0.717) is 51.1 Å². The fourth-order valence-electron chi connectivity index (χ4n) is 5.01. The standard InChI is InChI=1S/C30H32O7/c1-3-33-10-11-34-24-12-19(2)30-21(14-24)8-9-35-27-7-4-20(13-26(27)30)17-36-23-5-6-25-22(15-29(31)32)18-37-28(25)16-23/h4-7,12-14,16,22H,3,8-11,15,17-18H2,1-2H3,(H,31,32)/t22-/m1/s1. The Kier molecular flexibility index (Phi) is 7.51. The van der Waals surface area contributed by atoms with Crippen LogP contribution in [0.3, 0.4) is 0 Å². The number of hydrogen-bond acceptors (Lipinski definition) is 6. The summed E-state index contributed by atoms with van der Waals surface area (Å²) in [5, 5.41) is 9.11. The Bertz CT molecular complexity index is 1280. The van der Waals surface area contributed by atoms with Gasteiger partial charge in [0.1, 0.15) is 36.2 Å². The number of carbonyl (C=O) groups is 1. The third kappa shape index (κ3) is 5.67. The van der Waals surface area contributed by atoms with Gasteiger partial charge in [0, 0.05) is 36.1 Å². The Morgan fingerprint density at radius 1 is 1.00 bits per heavy atom. The molecule has 37 heavy (non-hydrogen) atoms. The lowest BCUT2D eigenvalue weighted by Crippen LogP contribution is -2.07. The lowest BCUT2D eigenvalue weighted by molar-refractivity contribution is -0.137. The van der Waals surface area contributed by atoms with Gasteiger partial charge in [0.05, 0.1) is 26.2 Å². The molecule has 0 saturated heterocycles. The van der Waals surface area contributed by atoms with E-state index >= 15 is 0 Å². The molecule has 0 unspecified atom stereocenters. The molecule has 3 aromatic rings. The fourth-order valence-corrected chi connectivity index (χ4v) is 5.01. The Balaban J connectivity index is 1.32. The van der Waals surface area contributed by atoms with Gasteiger partial charge in [-0.05, 0) is 66.4 Å². The molecule has 3 aromatic carbocycles. The smallest absolute Gasteiger partial charge is 0.304 e. The Morgan fingerprint density at radius 3 is 2.73 bits per heavy atom. The first kappa shape index (κ1) is 25.0. The summed E-state index contributed by atoms with van der Waals surface area (Å²) >= 11 is 0. The zero-order valence-corrected chi connectivity index (χ0v) is 21.2. The fraction of sp³-hybridized carbons (Fsp3) is 0.367. The van der Waals surface area contributed by atoms with Gasteiger partial charge in [-0.2, -0.15) is 0 Å². The van der Waals surface area contributed by atoms with Crippen molar-refractivity contribution >= 4 is 5.97 Å². The molecule has 0 amide bonds. The van der Waals surface area contributed by atoms with Gasteiger partial charge in [-0.15, -0.1) is 0 Å². The van der Waals surface area contributed by atoms with Gasteiger partial charge in [0.25, 0.3) is 0 Å². The normalized spacial score (nSPS) is 15.5. The van der Waals surface area contributed by atoms with Crippen LogP contribution in [0.4, 0.5) is 0 Å². The van der Waals surface area contributed by atoms with Gasteiger partial charge in [-0.1, -0.05) is 12.1 Å². The molecular formula is C30H32O7. The Hall–Kier alpha value is -3.71. The zero-order valence-electron chi connectivity index (χ0n) is 21.2. The van der Waals surface area contributed by atoms with Crippen LogP contribution in [0.15, 0.2) is 48.5 Å². The molecule has 0 radical (unpaired) electrons. The number of ether oxygens (including phenoxy) is 5. The highest BCUT2D eigenvalue weighted by Gasteiger charge is 2.27. The van der Waals surface area contributed by atoms with Crippen LogP contribution in [0.2, 0.25) is 0 Å². The molecule has 194 valence electrons. The maximum Gasteiger partial charge on any atom is 0.304 e. The monoisotopic (exact) mass is 504 g/mol. The van der Waals surface area contributed by atoms with Crippen molar-refractivity contribution in [3.05, 3.63) is 70.8 Å². The molecule has 7 nitrogen and oxygen atoms in total. The Morgan fingerprint density at radius 2 is 1.89 bits per heavy atom. The van der Waals surface area contributed by atoms with Crippen LogP contribution in [-0.4, -0.2) is 44.1 Å². The first-order valence-corrected chi connectivity index (χ1v) is 12.7. The molecule has 2 aliphatic heterocycles. The van der Waals surface area contributed by atoms with E-state index in [0.717, 1.165) is 40.2 Å². The van der Waals surface area contributed by atoms with Crippen LogP contribution in [0.25, 0.3) is 11.1 Å². The summed E-state index contributed by atoms with van der Waals surface area (Å²) in [7, 11) is 0. The second-order valence-corrected chi connectivity index (χ2v) is 9.34. The van der Waals surface area contributed by atoms with Crippen LogP contribution in [0, 0.1) is 6.92 Å². The van der Waals surface area contributed by atoms with Crippen LogP contribution in [0.1, 0.15) is 41.5 Å². The van der Waals surface area contributed by atoms with Gasteiger partial charge in [0.15, 0.2) is 0 Å². The van der Waals surface area contributed by atoms with Crippen molar-refractivity contribution in [2.45, 2.75) is 39.2 Å². The van der Waals surface area contributed by atoms with Gasteiger partial charge >= 0.3 is 5.97 Å². The van der Waals surface area contributed by atoms with Crippen LogP contribution in [0.5, 0.6) is 23.0 Å². The highest BCUT2D eigenvalue weighted by Crippen LogP contribution is 2.41. The van der Waals surface area contributed by atoms with Crippen molar-refractivity contribution in [3.8, 4) is 34.1 Å². The molecule has 7 heteroatoms. The first-order valence-electron chi connectivity index (χ1n) is 12.7. The van der Waals surface area contributed by atoms with Gasteiger partial charge in [-0.25, -0.2) is 0 Å². The summed E-state index contributed by atoms with van der Waals surface area (Å²) in [6, 6.07) is 16.0. The molecule has 0 aliphatic carbocycles. The van der Waals surface area contributed by atoms with E-state index in [4.69, 9.17) is 28.8 Å². The molecule has 0 bridgehead atoms. The minimum atomic E-state index is -0.823. The van der Waals surface area contributed by atoms with E-state index in [1.54, 1.807) is 0 Å². The number of carboxylic acids is 1. The van der Waals surface area contributed by atoms with E-state index < -0.39 is 5.97 Å². The number of aliphatic carboxylic acids is 1. The molecule has 1 N–H and O–H groups in total. The largest absolute Gasteiger partial charge is 0.493 e. The lowest BCUT2D eigenvalue weighted by atomic mass is 9.92. The number of hydrogen-bond donors (Lipinski definition) is 1. The van der Waals surface area contributed by atoms with Gasteiger partial charge < -0.3 is 28.8 Å². The van der Waals surface area contributed by atoms with E-state index in [-0.39, 0.29) is 12.3 Å².